The molecule has 0 aromatic heterocycles. The van der Waals surface area contributed by atoms with E-state index in [9.17, 15) is 18.0 Å². The molecule has 0 saturated heterocycles. The normalized spacial score (nSPS) is 12.6. The molecule has 0 heterocycles. The van der Waals surface area contributed by atoms with E-state index in [2.05, 4.69) is 5.32 Å². The topological polar surface area (TPSA) is 102 Å². The van der Waals surface area contributed by atoms with Crippen LogP contribution in [0.5, 0.6) is 5.75 Å². The molecule has 8 nitrogen and oxygen atoms in total. The van der Waals surface area contributed by atoms with Crippen LogP contribution < -0.4 is 10.1 Å². The van der Waals surface area contributed by atoms with Gasteiger partial charge in [0.2, 0.25) is 10.0 Å². The molecule has 9 heteroatoms. The summed E-state index contributed by atoms with van der Waals surface area (Å²) in [6.07, 6.45) is 0.754. The molecule has 140 valence electrons. The van der Waals surface area contributed by atoms with Crippen molar-refractivity contribution in [1.29, 1.82) is 0 Å². The Balaban J connectivity index is 2.96. The minimum Gasteiger partial charge on any atom is -0.495 e. The Morgan fingerprint density at radius 2 is 1.92 bits per heavy atom. The van der Waals surface area contributed by atoms with Gasteiger partial charge in [0.15, 0.2) is 6.61 Å². The second-order valence-corrected chi connectivity index (χ2v) is 7.73. The highest BCUT2D eigenvalue weighted by molar-refractivity contribution is 7.89. The van der Waals surface area contributed by atoms with Gasteiger partial charge in [-0.3, -0.25) is 4.79 Å². The third kappa shape index (κ3) is 5.43. The summed E-state index contributed by atoms with van der Waals surface area (Å²) in [6.45, 7) is 3.31. The van der Waals surface area contributed by atoms with Crippen LogP contribution in [0, 0.1) is 0 Å². The number of nitrogens with zero attached hydrogens (tertiary/aromatic N) is 1. The fourth-order valence-corrected chi connectivity index (χ4v) is 2.91. The molecule has 1 rings (SSSR count). The lowest BCUT2D eigenvalue weighted by Crippen LogP contribution is -2.35. The lowest BCUT2D eigenvalue weighted by atomic mass is 10.2. The minimum absolute atomic E-state index is 0.0116. The Morgan fingerprint density at radius 1 is 1.28 bits per heavy atom. The van der Waals surface area contributed by atoms with Gasteiger partial charge in [-0.15, -0.1) is 0 Å². The monoisotopic (exact) mass is 372 g/mol. The zero-order valence-corrected chi connectivity index (χ0v) is 15.8. The van der Waals surface area contributed by atoms with Crippen LogP contribution in [0.4, 0.5) is 0 Å². The second kappa shape index (κ2) is 8.82. The van der Waals surface area contributed by atoms with E-state index < -0.39 is 28.5 Å². The van der Waals surface area contributed by atoms with Crippen LogP contribution in [0.3, 0.4) is 0 Å². The summed E-state index contributed by atoms with van der Waals surface area (Å²) in [5.41, 5.74) is 0.0116. The zero-order chi connectivity index (χ0) is 19.2. The summed E-state index contributed by atoms with van der Waals surface area (Å²) in [6, 6.07) is 3.89. The first-order valence-electron chi connectivity index (χ1n) is 7.70. The summed E-state index contributed by atoms with van der Waals surface area (Å²) in [5.74, 6) is -1.10. The molecule has 1 amide bonds. The third-order valence-corrected chi connectivity index (χ3v) is 5.35. The van der Waals surface area contributed by atoms with Gasteiger partial charge in [-0.1, -0.05) is 6.92 Å². The van der Waals surface area contributed by atoms with Gasteiger partial charge in [-0.05, 0) is 31.5 Å². The maximum absolute atomic E-state index is 12.3. The summed E-state index contributed by atoms with van der Waals surface area (Å²) in [7, 11) is 0.278. The average Bonchev–Trinajstić information content (AvgIpc) is 2.58. The number of esters is 1. The number of hydrogen-bond donors (Lipinski definition) is 1. The van der Waals surface area contributed by atoms with Crippen molar-refractivity contribution in [2.45, 2.75) is 31.2 Å². The van der Waals surface area contributed by atoms with Gasteiger partial charge in [-0.25, -0.2) is 17.5 Å². The number of carbonyl (C=O) groups is 2. The van der Waals surface area contributed by atoms with Gasteiger partial charge < -0.3 is 14.8 Å². The molecule has 0 unspecified atom stereocenters. The van der Waals surface area contributed by atoms with Crippen LogP contribution in [0.25, 0.3) is 0 Å². The highest BCUT2D eigenvalue weighted by Crippen LogP contribution is 2.27. The Morgan fingerprint density at radius 3 is 2.44 bits per heavy atom. The summed E-state index contributed by atoms with van der Waals surface area (Å²) >= 11 is 0. The van der Waals surface area contributed by atoms with E-state index in [1.807, 2.05) is 13.8 Å². The highest BCUT2D eigenvalue weighted by Gasteiger charge is 2.24. The van der Waals surface area contributed by atoms with Crippen LogP contribution in [0.1, 0.15) is 30.6 Å². The molecular formula is C16H24N2O6S. The van der Waals surface area contributed by atoms with Crippen LogP contribution in [-0.4, -0.2) is 58.5 Å². The number of benzene rings is 1. The second-order valence-electron chi connectivity index (χ2n) is 5.61. The largest absolute Gasteiger partial charge is 0.495 e. The smallest absolute Gasteiger partial charge is 0.338 e. The number of nitrogens with one attached hydrogen (secondary N) is 1. The lowest BCUT2D eigenvalue weighted by Gasteiger charge is -2.15. The van der Waals surface area contributed by atoms with E-state index in [0.29, 0.717) is 0 Å². The first-order chi connectivity index (χ1) is 11.6. The molecule has 1 aromatic rings. The summed E-state index contributed by atoms with van der Waals surface area (Å²) in [5, 5.41) is 2.67. The molecule has 0 aliphatic rings. The van der Waals surface area contributed by atoms with Crippen LogP contribution in [0.15, 0.2) is 23.1 Å². The number of rotatable bonds is 8. The molecule has 0 saturated carbocycles. The fraction of sp³-hybridized carbons (Fsp3) is 0.500. The van der Waals surface area contributed by atoms with Gasteiger partial charge in [0.25, 0.3) is 5.91 Å². The molecule has 25 heavy (non-hydrogen) atoms. The van der Waals surface area contributed by atoms with E-state index in [0.717, 1.165) is 10.7 Å². The van der Waals surface area contributed by atoms with Crippen molar-refractivity contribution in [2.75, 3.05) is 27.8 Å². The Bertz CT molecular complexity index is 730. The molecule has 0 aliphatic heterocycles. The standard InChI is InChI=1S/C16H24N2O6S/c1-6-11(2)17-15(19)10-24-16(20)12-7-8-13(23-5)14(9-12)25(21,22)18(3)4/h7-9,11H,6,10H2,1-5H3,(H,17,19)/t11-/m1/s1. The molecule has 0 radical (unpaired) electrons. The van der Waals surface area contributed by atoms with Gasteiger partial charge in [0.1, 0.15) is 10.6 Å². The number of carbonyl (C=O) groups excluding carboxylic acids is 2. The van der Waals surface area contributed by atoms with Crippen molar-refractivity contribution in [1.82, 2.24) is 9.62 Å². The predicted octanol–water partition coefficient (Wildman–Crippen LogP) is 1.02. The van der Waals surface area contributed by atoms with E-state index in [-0.39, 0.29) is 22.3 Å². The van der Waals surface area contributed by atoms with Crippen molar-refractivity contribution >= 4 is 21.9 Å². The van der Waals surface area contributed by atoms with Crippen molar-refractivity contribution in [3.05, 3.63) is 23.8 Å². The molecule has 1 N–H and O–H groups in total. The number of ether oxygens (including phenoxy) is 2. The van der Waals surface area contributed by atoms with Gasteiger partial charge in [0.05, 0.1) is 12.7 Å². The van der Waals surface area contributed by atoms with Crippen LogP contribution in [0.2, 0.25) is 0 Å². The van der Waals surface area contributed by atoms with Crippen molar-refractivity contribution in [3.8, 4) is 5.75 Å². The Kier molecular flexibility index (Phi) is 7.38. The van der Waals surface area contributed by atoms with Gasteiger partial charge in [-0.2, -0.15) is 0 Å². The first-order valence-corrected chi connectivity index (χ1v) is 9.14. The van der Waals surface area contributed by atoms with E-state index in [1.54, 1.807) is 0 Å². The molecule has 0 fully saturated rings. The molecule has 0 aliphatic carbocycles. The van der Waals surface area contributed by atoms with Gasteiger partial charge in [0, 0.05) is 20.1 Å². The SMILES string of the molecule is CC[C@@H](C)NC(=O)COC(=O)c1ccc(OC)c(S(=O)(=O)N(C)C)c1. The Labute approximate surface area is 148 Å². The van der Waals surface area contributed by atoms with E-state index in [1.165, 1.54) is 39.4 Å². The molecule has 1 aromatic carbocycles. The average molecular weight is 372 g/mol. The quantitative estimate of drug-likeness (QED) is 0.684. The number of hydrogen-bond acceptors (Lipinski definition) is 6. The fourth-order valence-electron chi connectivity index (χ4n) is 1.83. The number of amides is 1. The first kappa shape index (κ1) is 20.9. The van der Waals surface area contributed by atoms with Crippen molar-refractivity contribution < 1.29 is 27.5 Å². The maximum Gasteiger partial charge on any atom is 0.338 e. The number of methoxy groups -OCH3 is 1. The van der Waals surface area contributed by atoms with Crippen molar-refractivity contribution in [3.63, 3.8) is 0 Å². The Hall–Kier alpha value is -2.13. The molecule has 0 bridgehead atoms. The van der Waals surface area contributed by atoms with Crippen molar-refractivity contribution in [2.24, 2.45) is 0 Å². The lowest BCUT2D eigenvalue weighted by molar-refractivity contribution is -0.124. The van der Waals surface area contributed by atoms with Crippen LogP contribution >= 0.6 is 0 Å². The third-order valence-electron chi connectivity index (χ3n) is 3.51. The molecular weight excluding hydrogens is 348 g/mol. The molecule has 1 atom stereocenters. The maximum atomic E-state index is 12.3. The highest BCUT2D eigenvalue weighted by atomic mass is 32.2. The number of sulfonamides is 1. The van der Waals surface area contributed by atoms with E-state index in [4.69, 9.17) is 9.47 Å². The van der Waals surface area contributed by atoms with E-state index >= 15 is 0 Å². The van der Waals surface area contributed by atoms with Crippen LogP contribution in [-0.2, 0) is 19.6 Å². The zero-order valence-electron chi connectivity index (χ0n) is 15.0. The summed E-state index contributed by atoms with van der Waals surface area (Å²) in [4.78, 5) is 23.6. The summed E-state index contributed by atoms with van der Waals surface area (Å²) < 4.78 is 35.7. The molecule has 0 spiro atoms. The minimum atomic E-state index is -3.80. The predicted molar refractivity (Wildman–Crippen MR) is 92.0 cm³/mol. The van der Waals surface area contributed by atoms with Gasteiger partial charge >= 0.3 is 5.97 Å².